The fourth-order valence-electron chi connectivity index (χ4n) is 1.81. The van der Waals surface area contributed by atoms with E-state index in [-0.39, 0.29) is 0 Å². The number of nitrogens with zero attached hydrogens (tertiary/aromatic N) is 4. The minimum atomic E-state index is 0.571. The highest BCUT2D eigenvalue weighted by Crippen LogP contribution is 2.16. The number of hydrogen-bond donors (Lipinski definition) is 0. The molecule has 2 aromatic rings. The maximum absolute atomic E-state index is 8.73. The lowest BCUT2D eigenvalue weighted by atomic mass is 10.2. The quantitative estimate of drug-likeness (QED) is 0.522. The van der Waals surface area contributed by atoms with Gasteiger partial charge in [0.2, 0.25) is 0 Å². The number of nitriles is 1. The summed E-state index contributed by atoms with van der Waals surface area (Å²) in [6, 6.07) is 9.17. The molecule has 0 atom stereocenters. The van der Waals surface area contributed by atoms with Gasteiger partial charge in [0, 0.05) is 26.0 Å². The summed E-state index contributed by atoms with van der Waals surface area (Å²) in [4.78, 5) is 0. The van der Waals surface area contributed by atoms with Gasteiger partial charge in [-0.3, -0.25) is 0 Å². The van der Waals surface area contributed by atoms with Gasteiger partial charge in [-0.1, -0.05) is 11.8 Å². The molecule has 0 saturated heterocycles. The van der Waals surface area contributed by atoms with E-state index >= 15 is 0 Å². The number of aromatic nitrogens is 3. The van der Waals surface area contributed by atoms with Gasteiger partial charge >= 0.3 is 0 Å². The first-order valence-corrected chi connectivity index (χ1v) is 7.94. The Balaban J connectivity index is 1.72. The summed E-state index contributed by atoms with van der Waals surface area (Å²) in [6.45, 7) is 2.14. The molecule has 0 aliphatic rings. The van der Waals surface area contributed by atoms with Crippen LogP contribution in [0.5, 0.6) is 5.75 Å². The molecule has 0 saturated carbocycles. The summed E-state index contributed by atoms with van der Waals surface area (Å²) in [6.07, 6.45) is 2.67. The summed E-state index contributed by atoms with van der Waals surface area (Å²) in [5, 5.41) is 17.7. The zero-order valence-corrected chi connectivity index (χ0v) is 13.3. The standard InChI is InChI=1S/C15H18N4O2S/c1-20-8-2-7-19-12-17-18-15(19)22-10-9-21-14-5-3-13(11-16)4-6-14/h3-6,12H,2,7-10H2,1H3. The van der Waals surface area contributed by atoms with Crippen molar-refractivity contribution in [2.24, 2.45) is 0 Å². The van der Waals surface area contributed by atoms with Crippen molar-refractivity contribution in [2.75, 3.05) is 26.1 Å². The smallest absolute Gasteiger partial charge is 0.191 e. The molecule has 0 unspecified atom stereocenters. The van der Waals surface area contributed by atoms with E-state index in [2.05, 4.69) is 16.3 Å². The molecule has 1 aromatic carbocycles. The Morgan fingerprint density at radius 2 is 2.09 bits per heavy atom. The lowest BCUT2D eigenvalue weighted by Gasteiger charge is -2.07. The second kappa shape index (κ2) is 9.07. The van der Waals surface area contributed by atoms with Crippen LogP contribution in [0.1, 0.15) is 12.0 Å². The van der Waals surface area contributed by atoms with E-state index in [1.54, 1.807) is 49.5 Å². The van der Waals surface area contributed by atoms with Crippen LogP contribution in [0.15, 0.2) is 35.7 Å². The highest BCUT2D eigenvalue weighted by Gasteiger charge is 2.05. The van der Waals surface area contributed by atoms with Gasteiger partial charge in [-0.15, -0.1) is 10.2 Å². The molecule has 2 rings (SSSR count). The van der Waals surface area contributed by atoms with Crippen molar-refractivity contribution in [1.29, 1.82) is 5.26 Å². The molecular formula is C15H18N4O2S. The van der Waals surface area contributed by atoms with E-state index in [4.69, 9.17) is 14.7 Å². The first kappa shape index (κ1) is 16.3. The third kappa shape index (κ3) is 5.06. The van der Waals surface area contributed by atoms with Crippen LogP contribution in [0.25, 0.3) is 0 Å². The summed E-state index contributed by atoms with van der Waals surface area (Å²) in [7, 11) is 1.70. The van der Waals surface area contributed by atoms with Gasteiger partial charge in [-0.05, 0) is 30.7 Å². The second-order valence-corrected chi connectivity index (χ2v) is 5.55. The first-order chi connectivity index (χ1) is 10.8. The largest absolute Gasteiger partial charge is 0.493 e. The molecule has 0 aliphatic heterocycles. The number of thioether (sulfide) groups is 1. The SMILES string of the molecule is COCCCn1cnnc1SCCOc1ccc(C#N)cc1. The minimum Gasteiger partial charge on any atom is -0.493 e. The number of methoxy groups -OCH3 is 1. The van der Waals surface area contributed by atoms with E-state index in [1.165, 1.54) is 0 Å². The Kier molecular flexibility index (Phi) is 6.74. The number of ether oxygens (including phenoxy) is 2. The molecule has 0 radical (unpaired) electrons. The van der Waals surface area contributed by atoms with Gasteiger partial charge in [0.05, 0.1) is 18.2 Å². The Morgan fingerprint density at radius 3 is 2.82 bits per heavy atom. The van der Waals surface area contributed by atoms with E-state index in [0.717, 1.165) is 36.2 Å². The Labute approximate surface area is 134 Å². The summed E-state index contributed by atoms with van der Waals surface area (Å²) < 4.78 is 12.7. The zero-order valence-electron chi connectivity index (χ0n) is 12.4. The zero-order chi connectivity index (χ0) is 15.6. The molecule has 0 fully saturated rings. The monoisotopic (exact) mass is 318 g/mol. The summed E-state index contributed by atoms with van der Waals surface area (Å²) in [5.41, 5.74) is 0.630. The Morgan fingerprint density at radius 1 is 1.27 bits per heavy atom. The average Bonchev–Trinajstić information content (AvgIpc) is 3.00. The van der Waals surface area contributed by atoms with Crippen LogP contribution in [0.2, 0.25) is 0 Å². The van der Waals surface area contributed by atoms with Crippen LogP contribution in [0.4, 0.5) is 0 Å². The van der Waals surface area contributed by atoms with Gasteiger partial charge in [-0.25, -0.2) is 0 Å². The molecule has 0 bridgehead atoms. The number of aryl methyl sites for hydroxylation is 1. The molecule has 22 heavy (non-hydrogen) atoms. The van der Waals surface area contributed by atoms with Crippen molar-refractivity contribution in [3.8, 4) is 11.8 Å². The van der Waals surface area contributed by atoms with Crippen molar-refractivity contribution in [3.05, 3.63) is 36.2 Å². The third-order valence-electron chi connectivity index (χ3n) is 2.89. The van der Waals surface area contributed by atoms with Crippen molar-refractivity contribution in [2.45, 2.75) is 18.1 Å². The highest BCUT2D eigenvalue weighted by molar-refractivity contribution is 7.99. The molecule has 0 spiro atoms. The van der Waals surface area contributed by atoms with E-state index in [1.807, 2.05) is 4.57 Å². The van der Waals surface area contributed by atoms with E-state index < -0.39 is 0 Å². The maximum Gasteiger partial charge on any atom is 0.191 e. The fraction of sp³-hybridized carbons (Fsp3) is 0.400. The molecule has 1 aromatic heterocycles. The lowest BCUT2D eigenvalue weighted by Crippen LogP contribution is -2.04. The van der Waals surface area contributed by atoms with Crippen LogP contribution in [0.3, 0.4) is 0 Å². The second-order valence-electron chi connectivity index (χ2n) is 4.49. The minimum absolute atomic E-state index is 0.571. The molecule has 0 aliphatic carbocycles. The predicted octanol–water partition coefficient (Wildman–Crippen LogP) is 2.36. The molecule has 0 amide bonds. The van der Waals surface area contributed by atoms with Crippen molar-refractivity contribution >= 4 is 11.8 Å². The third-order valence-corrected chi connectivity index (χ3v) is 3.84. The van der Waals surface area contributed by atoms with Crippen LogP contribution < -0.4 is 4.74 Å². The van der Waals surface area contributed by atoms with Gasteiger partial charge < -0.3 is 14.0 Å². The van der Waals surface area contributed by atoms with Gasteiger partial charge in [0.15, 0.2) is 5.16 Å². The molecule has 6 nitrogen and oxygen atoms in total. The van der Waals surface area contributed by atoms with Crippen LogP contribution in [-0.4, -0.2) is 40.8 Å². The Hall–Kier alpha value is -2.04. The van der Waals surface area contributed by atoms with Crippen LogP contribution >= 0.6 is 11.8 Å². The number of benzene rings is 1. The lowest BCUT2D eigenvalue weighted by molar-refractivity contribution is 0.189. The molecule has 1 heterocycles. The van der Waals surface area contributed by atoms with Crippen molar-refractivity contribution in [3.63, 3.8) is 0 Å². The molecular weight excluding hydrogens is 300 g/mol. The van der Waals surface area contributed by atoms with Gasteiger partial charge in [0.1, 0.15) is 12.1 Å². The van der Waals surface area contributed by atoms with E-state index in [0.29, 0.717) is 12.2 Å². The Bertz CT molecular complexity index is 607. The summed E-state index contributed by atoms with van der Waals surface area (Å²) >= 11 is 1.61. The molecule has 7 heteroatoms. The predicted molar refractivity (Wildman–Crippen MR) is 83.9 cm³/mol. The van der Waals surface area contributed by atoms with Crippen LogP contribution in [0, 0.1) is 11.3 Å². The highest BCUT2D eigenvalue weighted by atomic mass is 32.2. The molecule has 0 N–H and O–H groups in total. The molecule has 116 valence electrons. The van der Waals surface area contributed by atoms with Gasteiger partial charge in [-0.2, -0.15) is 5.26 Å². The van der Waals surface area contributed by atoms with E-state index in [9.17, 15) is 0 Å². The normalized spacial score (nSPS) is 10.4. The average molecular weight is 318 g/mol. The number of hydrogen-bond acceptors (Lipinski definition) is 6. The summed E-state index contributed by atoms with van der Waals surface area (Å²) in [5.74, 6) is 1.55. The topological polar surface area (TPSA) is 73.0 Å². The van der Waals surface area contributed by atoms with Gasteiger partial charge in [0.25, 0.3) is 0 Å². The van der Waals surface area contributed by atoms with Crippen molar-refractivity contribution < 1.29 is 9.47 Å². The van der Waals surface area contributed by atoms with Crippen LogP contribution in [-0.2, 0) is 11.3 Å². The van der Waals surface area contributed by atoms with Crippen molar-refractivity contribution in [1.82, 2.24) is 14.8 Å². The maximum atomic E-state index is 8.73. The number of rotatable bonds is 9. The first-order valence-electron chi connectivity index (χ1n) is 6.96. The fourth-order valence-corrected chi connectivity index (χ4v) is 2.57.